The second kappa shape index (κ2) is 7.59. The zero-order valence-electron chi connectivity index (χ0n) is 9.53. The highest BCUT2D eigenvalue weighted by atomic mass is 35.5. The number of rotatable bonds is 4. The minimum absolute atomic E-state index is 0.198. The normalized spacial score (nSPS) is 9.06. The van der Waals surface area contributed by atoms with Gasteiger partial charge in [-0.25, -0.2) is 4.79 Å². The SMILES string of the molecule is CCOC(=O)c1ccccc1OCC#CCCl. The van der Waals surface area contributed by atoms with E-state index in [0.29, 0.717) is 17.9 Å². The van der Waals surface area contributed by atoms with Gasteiger partial charge in [0.2, 0.25) is 0 Å². The van der Waals surface area contributed by atoms with E-state index in [1.807, 2.05) is 0 Å². The molecule has 0 spiro atoms. The molecule has 0 saturated carbocycles. The molecule has 0 radical (unpaired) electrons. The number of hydrogen-bond acceptors (Lipinski definition) is 3. The standard InChI is InChI=1S/C13H13ClO3/c1-2-16-13(15)11-7-3-4-8-12(11)17-10-6-5-9-14/h3-4,7-8H,2,9-10H2,1H3. The third-order valence-corrected chi connectivity index (χ3v) is 2.01. The number of benzene rings is 1. The van der Waals surface area contributed by atoms with Crippen LogP contribution < -0.4 is 4.74 Å². The Labute approximate surface area is 106 Å². The van der Waals surface area contributed by atoms with Crippen LogP contribution in [0, 0.1) is 11.8 Å². The lowest BCUT2D eigenvalue weighted by Gasteiger charge is -2.08. The van der Waals surface area contributed by atoms with Crippen LogP contribution in [-0.4, -0.2) is 25.1 Å². The van der Waals surface area contributed by atoms with Crippen LogP contribution in [0.15, 0.2) is 24.3 Å². The van der Waals surface area contributed by atoms with Crippen molar-refractivity contribution < 1.29 is 14.3 Å². The summed E-state index contributed by atoms with van der Waals surface area (Å²) in [5.74, 6) is 5.73. The number of esters is 1. The molecular weight excluding hydrogens is 240 g/mol. The van der Waals surface area contributed by atoms with Gasteiger partial charge in [-0.3, -0.25) is 0 Å². The van der Waals surface area contributed by atoms with E-state index in [1.165, 1.54) is 0 Å². The fraction of sp³-hybridized carbons (Fsp3) is 0.308. The topological polar surface area (TPSA) is 35.5 Å². The lowest BCUT2D eigenvalue weighted by molar-refractivity contribution is 0.0522. The van der Waals surface area contributed by atoms with Gasteiger partial charge in [-0.15, -0.1) is 11.6 Å². The number of carbonyl (C=O) groups excluding carboxylic acids is 1. The Balaban J connectivity index is 2.73. The quantitative estimate of drug-likeness (QED) is 0.469. The molecule has 1 aromatic rings. The molecule has 1 aromatic carbocycles. The van der Waals surface area contributed by atoms with E-state index in [0.717, 1.165) is 0 Å². The minimum atomic E-state index is -0.395. The van der Waals surface area contributed by atoms with E-state index < -0.39 is 5.97 Å². The highest BCUT2D eigenvalue weighted by Gasteiger charge is 2.12. The van der Waals surface area contributed by atoms with Crippen LogP contribution in [0.25, 0.3) is 0 Å². The zero-order chi connectivity index (χ0) is 12.5. The fourth-order valence-corrected chi connectivity index (χ4v) is 1.28. The Hall–Kier alpha value is -1.66. The first-order valence-electron chi connectivity index (χ1n) is 5.20. The maximum Gasteiger partial charge on any atom is 0.341 e. The van der Waals surface area contributed by atoms with E-state index >= 15 is 0 Å². The van der Waals surface area contributed by atoms with Crippen LogP contribution in [0.4, 0.5) is 0 Å². The summed E-state index contributed by atoms with van der Waals surface area (Å²) < 4.78 is 10.3. The van der Waals surface area contributed by atoms with Gasteiger partial charge in [0, 0.05) is 0 Å². The summed E-state index contributed by atoms with van der Waals surface area (Å²) in [6, 6.07) is 6.90. The van der Waals surface area contributed by atoms with Crippen LogP contribution in [0.3, 0.4) is 0 Å². The van der Waals surface area contributed by atoms with E-state index in [9.17, 15) is 4.79 Å². The molecule has 17 heavy (non-hydrogen) atoms. The number of para-hydroxylation sites is 1. The summed E-state index contributed by atoms with van der Waals surface area (Å²) in [6.07, 6.45) is 0. The lowest BCUT2D eigenvalue weighted by atomic mass is 10.2. The Morgan fingerprint density at radius 3 is 2.82 bits per heavy atom. The number of carbonyl (C=O) groups is 1. The van der Waals surface area contributed by atoms with Crippen LogP contribution in [-0.2, 0) is 4.74 Å². The van der Waals surface area contributed by atoms with Crippen molar-refractivity contribution in [2.75, 3.05) is 19.1 Å². The molecule has 0 amide bonds. The van der Waals surface area contributed by atoms with Crippen molar-refractivity contribution in [3.05, 3.63) is 29.8 Å². The van der Waals surface area contributed by atoms with Crippen LogP contribution >= 0.6 is 11.6 Å². The molecule has 0 atom stereocenters. The summed E-state index contributed by atoms with van der Waals surface area (Å²) in [5, 5.41) is 0. The Bertz CT molecular complexity index is 432. The van der Waals surface area contributed by atoms with Crippen molar-refractivity contribution in [3.63, 3.8) is 0 Å². The van der Waals surface area contributed by atoms with Gasteiger partial charge in [0.05, 0.1) is 12.5 Å². The molecule has 0 saturated heterocycles. The van der Waals surface area contributed by atoms with Gasteiger partial charge in [-0.2, -0.15) is 0 Å². The minimum Gasteiger partial charge on any atom is -0.480 e. The first-order valence-corrected chi connectivity index (χ1v) is 5.73. The second-order valence-corrected chi connectivity index (χ2v) is 3.26. The molecule has 0 aromatic heterocycles. The highest BCUT2D eigenvalue weighted by molar-refractivity contribution is 6.19. The summed E-state index contributed by atoms with van der Waals surface area (Å²) in [6.45, 7) is 2.29. The lowest BCUT2D eigenvalue weighted by Crippen LogP contribution is -2.07. The Kier molecular flexibility index (Phi) is 5.98. The summed E-state index contributed by atoms with van der Waals surface area (Å²) in [5.41, 5.74) is 0.405. The predicted molar refractivity (Wildman–Crippen MR) is 66.4 cm³/mol. The third-order valence-electron chi connectivity index (χ3n) is 1.87. The van der Waals surface area contributed by atoms with Crippen molar-refractivity contribution in [3.8, 4) is 17.6 Å². The monoisotopic (exact) mass is 252 g/mol. The molecule has 0 aliphatic carbocycles. The molecule has 1 rings (SSSR count). The predicted octanol–water partition coefficient (Wildman–Crippen LogP) is 2.48. The summed E-state index contributed by atoms with van der Waals surface area (Å²) in [4.78, 5) is 11.6. The average Bonchev–Trinajstić information content (AvgIpc) is 2.35. The number of hydrogen-bond donors (Lipinski definition) is 0. The highest BCUT2D eigenvalue weighted by Crippen LogP contribution is 2.18. The molecule has 0 bridgehead atoms. The summed E-state index contributed by atoms with van der Waals surface area (Å²) in [7, 11) is 0. The van der Waals surface area contributed by atoms with Crippen LogP contribution in [0.1, 0.15) is 17.3 Å². The average molecular weight is 253 g/mol. The van der Waals surface area contributed by atoms with E-state index in [2.05, 4.69) is 11.8 Å². The van der Waals surface area contributed by atoms with Crippen molar-refractivity contribution >= 4 is 17.6 Å². The van der Waals surface area contributed by atoms with Crippen molar-refractivity contribution in [2.24, 2.45) is 0 Å². The number of alkyl halides is 1. The second-order valence-electron chi connectivity index (χ2n) is 2.99. The molecule has 0 aliphatic heterocycles. The Morgan fingerprint density at radius 2 is 2.12 bits per heavy atom. The van der Waals surface area contributed by atoms with Gasteiger partial charge in [0.25, 0.3) is 0 Å². The first kappa shape index (κ1) is 13.4. The molecule has 0 N–H and O–H groups in total. The third kappa shape index (κ3) is 4.38. The van der Waals surface area contributed by atoms with E-state index in [1.54, 1.807) is 31.2 Å². The zero-order valence-corrected chi connectivity index (χ0v) is 10.3. The summed E-state index contributed by atoms with van der Waals surface area (Å²) >= 11 is 5.40. The van der Waals surface area contributed by atoms with Crippen molar-refractivity contribution in [2.45, 2.75) is 6.92 Å². The molecule has 0 heterocycles. The molecule has 4 heteroatoms. The van der Waals surface area contributed by atoms with Gasteiger partial charge in [0.15, 0.2) is 0 Å². The van der Waals surface area contributed by atoms with Crippen LogP contribution in [0.2, 0.25) is 0 Å². The molecular formula is C13H13ClO3. The largest absolute Gasteiger partial charge is 0.480 e. The van der Waals surface area contributed by atoms with Gasteiger partial charge in [-0.05, 0) is 19.1 Å². The Morgan fingerprint density at radius 1 is 1.35 bits per heavy atom. The maximum atomic E-state index is 11.6. The fourth-order valence-electron chi connectivity index (χ4n) is 1.18. The molecule has 90 valence electrons. The van der Waals surface area contributed by atoms with E-state index in [-0.39, 0.29) is 12.5 Å². The molecule has 0 aliphatic rings. The first-order chi connectivity index (χ1) is 8.29. The smallest absolute Gasteiger partial charge is 0.341 e. The van der Waals surface area contributed by atoms with Crippen LogP contribution in [0.5, 0.6) is 5.75 Å². The molecule has 0 fully saturated rings. The van der Waals surface area contributed by atoms with E-state index in [4.69, 9.17) is 21.1 Å². The number of halogens is 1. The van der Waals surface area contributed by atoms with Gasteiger partial charge in [-0.1, -0.05) is 24.0 Å². The molecule has 3 nitrogen and oxygen atoms in total. The van der Waals surface area contributed by atoms with Gasteiger partial charge in [0.1, 0.15) is 17.9 Å². The maximum absolute atomic E-state index is 11.6. The van der Waals surface area contributed by atoms with Gasteiger partial charge >= 0.3 is 5.97 Å². The van der Waals surface area contributed by atoms with Gasteiger partial charge < -0.3 is 9.47 Å². The van der Waals surface area contributed by atoms with Crippen molar-refractivity contribution in [1.82, 2.24) is 0 Å². The van der Waals surface area contributed by atoms with Crippen molar-refractivity contribution in [1.29, 1.82) is 0 Å². The molecule has 0 unspecified atom stereocenters. The number of ether oxygens (including phenoxy) is 2.